The summed E-state index contributed by atoms with van der Waals surface area (Å²) in [5, 5.41) is 19.2. The van der Waals surface area contributed by atoms with Gasteiger partial charge in [0.25, 0.3) is 0 Å². The van der Waals surface area contributed by atoms with Gasteiger partial charge >= 0.3 is 0 Å². The molecule has 25 heavy (non-hydrogen) atoms. The quantitative estimate of drug-likeness (QED) is 0.789. The van der Waals surface area contributed by atoms with Crippen LogP contribution >= 0.6 is 11.8 Å². The average molecular weight is 363 g/mol. The van der Waals surface area contributed by atoms with Crippen LogP contribution in [0.25, 0.3) is 0 Å². The van der Waals surface area contributed by atoms with E-state index in [1.165, 1.54) is 0 Å². The number of aryl methyl sites for hydroxylation is 2. The first kappa shape index (κ1) is 18.0. The first-order chi connectivity index (χ1) is 12.1. The number of hydrogen-bond acceptors (Lipinski definition) is 5. The Morgan fingerprint density at radius 2 is 2.28 bits per heavy atom. The first-order valence-corrected chi connectivity index (χ1v) is 9.83. The molecule has 2 aromatic rings. The monoisotopic (exact) mass is 363 g/mol. The summed E-state index contributed by atoms with van der Waals surface area (Å²) in [6.45, 7) is 4.20. The minimum atomic E-state index is -0.809. The molecular formula is C17H25N5O2S. The maximum absolute atomic E-state index is 12.4. The highest BCUT2D eigenvalue weighted by Gasteiger charge is 2.24. The van der Waals surface area contributed by atoms with Gasteiger partial charge in [-0.25, -0.2) is 0 Å². The molecule has 8 heteroatoms. The van der Waals surface area contributed by atoms with Crippen molar-refractivity contribution in [1.29, 1.82) is 0 Å². The molecule has 7 nitrogen and oxygen atoms in total. The highest BCUT2D eigenvalue weighted by molar-refractivity contribution is 7.99. The molecule has 3 heterocycles. The van der Waals surface area contributed by atoms with E-state index in [0.29, 0.717) is 23.7 Å². The van der Waals surface area contributed by atoms with Gasteiger partial charge < -0.3 is 10.0 Å². The van der Waals surface area contributed by atoms with E-state index < -0.39 is 6.10 Å². The van der Waals surface area contributed by atoms with E-state index in [4.69, 9.17) is 0 Å². The number of hydrogen-bond donors (Lipinski definition) is 1. The van der Waals surface area contributed by atoms with Crippen LogP contribution in [-0.4, -0.2) is 53.5 Å². The molecule has 0 fully saturated rings. The number of aliphatic hydroxyl groups excluding tert-OH is 1. The number of fused-ring (bicyclic) bond motifs is 1. The second kappa shape index (κ2) is 8.05. The third-order valence-electron chi connectivity index (χ3n) is 4.38. The van der Waals surface area contributed by atoms with Gasteiger partial charge in [-0.05, 0) is 30.7 Å². The third-order valence-corrected chi connectivity index (χ3v) is 5.53. The molecule has 136 valence electrons. The fourth-order valence-electron chi connectivity index (χ4n) is 3.03. The van der Waals surface area contributed by atoms with Crippen molar-refractivity contribution in [2.24, 2.45) is 7.05 Å². The molecule has 0 saturated heterocycles. The van der Waals surface area contributed by atoms with E-state index in [0.717, 1.165) is 37.4 Å². The van der Waals surface area contributed by atoms with Gasteiger partial charge in [0, 0.05) is 26.3 Å². The van der Waals surface area contributed by atoms with Gasteiger partial charge in [-0.15, -0.1) is 0 Å². The number of rotatable bonds is 6. The lowest BCUT2D eigenvalue weighted by molar-refractivity contribution is -0.128. The summed E-state index contributed by atoms with van der Waals surface area (Å²) < 4.78 is 3.57. The highest BCUT2D eigenvalue weighted by Crippen LogP contribution is 2.23. The summed E-state index contributed by atoms with van der Waals surface area (Å²) >= 11 is 1.69. The molecule has 1 N–H and O–H groups in total. The standard InChI is InChI=1S/C17H25N5O2S/c1-3-9-25-12-16(23)21-7-4-8-22-13(11-21)10-14(19-22)17(24)15-5-6-18-20(15)2/h5-6,10,17,24H,3-4,7-9,11-12H2,1-2H3/t17-/m0/s1. The van der Waals surface area contributed by atoms with Crippen LogP contribution in [0.2, 0.25) is 0 Å². The first-order valence-electron chi connectivity index (χ1n) is 8.68. The van der Waals surface area contributed by atoms with Crippen LogP contribution in [0, 0.1) is 0 Å². The number of amides is 1. The Morgan fingerprint density at radius 3 is 3.00 bits per heavy atom. The predicted molar refractivity (Wildman–Crippen MR) is 97.1 cm³/mol. The second-order valence-corrected chi connectivity index (χ2v) is 7.39. The number of aromatic nitrogens is 4. The van der Waals surface area contributed by atoms with Gasteiger partial charge in [-0.1, -0.05) is 6.92 Å². The van der Waals surface area contributed by atoms with Crippen LogP contribution in [0.5, 0.6) is 0 Å². The molecule has 1 atom stereocenters. The van der Waals surface area contributed by atoms with Crippen molar-refractivity contribution in [3.05, 3.63) is 35.4 Å². The third kappa shape index (κ3) is 4.07. The maximum Gasteiger partial charge on any atom is 0.232 e. The molecule has 0 saturated carbocycles. The summed E-state index contributed by atoms with van der Waals surface area (Å²) in [5.41, 5.74) is 2.29. The van der Waals surface area contributed by atoms with Crippen LogP contribution in [0.4, 0.5) is 0 Å². The summed E-state index contributed by atoms with van der Waals surface area (Å²) in [6.07, 6.45) is 2.81. The maximum atomic E-state index is 12.4. The molecule has 0 spiro atoms. The van der Waals surface area contributed by atoms with E-state index in [1.807, 2.05) is 15.6 Å². The Hall–Kier alpha value is -1.80. The number of thioether (sulfide) groups is 1. The van der Waals surface area contributed by atoms with Crippen LogP contribution in [0.1, 0.15) is 43.0 Å². The second-order valence-electron chi connectivity index (χ2n) is 6.29. The van der Waals surface area contributed by atoms with Gasteiger partial charge in [-0.3, -0.25) is 14.2 Å². The van der Waals surface area contributed by atoms with Crippen LogP contribution in [-0.2, 0) is 24.9 Å². The van der Waals surface area contributed by atoms with E-state index >= 15 is 0 Å². The zero-order valence-corrected chi connectivity index (χ0v) is 15.6. The normalized spacial score (nSPS) is 15.7. The Morgan fingerprint density at radius 1 is 1.44 bits per heavy atom. The highest BCUT2D eigenvalue weighted by atomic mass is 32.2. The van der Waals surface area contributed by atoms with E-state index in [-0.39, 0.29) is 5.91 Å². The molecule has 2 aromatic heterocycles. The lowest BCUT2D eigenvalue weighted by atomic mass is 10.2. The smallest absolute Gasteiger partial charge is 0.232 e. The van der Waals surface area contributed by atoms with Gasteiger partial charge in [-0.2, -0.15) is 22.0 Å². The molecule has 0 aliphatic carbocycles. The van der Waals surface area contributed by atoms with Gasteiger partial charge in [0.1, 0.15) is 6.10 Å². The molecule has 1 amide bonds. The molecule has 1 aliphatic heterocycles. The molecule has 0 bridgehead atoms. The zero-order chi connectivity index (χ0) is 17.8. The number of nitrogens with zero attached hydrogens (tertiary/aromatic N) is 5. The fraction of sp³-hybridized carbons (Fsp3) is 0.588. The van der Waals surface area contributed by atoms with Crippen molar-refractivity contribution in [3.63, 3.8) is 0 Å². The van der Waals surface area contributed by atoms with Crippen molar-refractivity contribution in [2.75, 3.05) is 18.1 Å². The van der Waals surface area contributed by atoms with Crippen LogP contribution in [0.15, 0.2) is 18.3 Å². The minimum absolute atomic E-state index is 0.182. The van der Waals surface area contributed by atoms with Crippen molar-refractivity contribution in [3.8, 4) is 0 Å². The lowest BCUT2D eigenvalue weighted by Gasteiger charge is -2.19. The van der Waals surface area contributed by atoms with Gasteiger partial charge in [0.2, 0.25) is 5.91 Å². The molecule has 1 aliphatic rings. The number of carbonyl (C=O) groups excluding carboxylic acids is 1. The molecule has 3 rings (SSSR count). The summed E-state index contributed by atoms with van der Waals surface area (Å²) in [5.74, 6) is 1.73. The summed E-state index contributed by atoms with van der Waals surface area (Å²) in [4.78, 5) is 14.3. The minimum Gasteiger partial charge on any atom is -0.380 e. The van der Waals surface area contributed by atoms with Crippen molar-refractivity contribution >= 4 is 17.7 Å². The van der Waals surface area contributed by atoms with Crippen molar-refractivity contribution in [1.82, 2.24) is 24.5 Å². The summed E-state index contributed by atoms with van der Waals surface area (Å²) in [6, 6.07) is 3.69. The Kier molecular flexibility index (Phi) is 5.80. The van der Waals surface area contributed by atoms with E-state index in [9.17, 15) is 9.90 Å². The van der Waals surface area contributed by atoms with Crippen LogP contribution in [0.3, 0.4) is 0 Å². The topological polar surface area (TPSA) is 76.2 Å². The van der Waals surface area contributed by atoms with E-state index in [2.05, 4.69) is 17.1 Å². The predicted octanol–water partition coefficient (Wildman–Crippen LogP) is 1.57. The average Bonchev–Trinajstić information content (AvgIpc) is 3.15. The van der Waals surface area contributed by atoms with Gasteiger partial charge in [0.15, 0.2) is 0 Å². The van der Waals surface area contributed by atoms with Crippen molar-refractivity contribution < 1.29 is 9.90 Å². The molecule has 0 radical (unpaired) electrons. The number of carbonyl (C=O) groups is 1. The van der Waals surface area contributed by atoms with Crippen LogP contribution < -0.4 is 0 Å². The Balaban J connectivity index is 1.72. The lowest BCUT2D eigenvalue weighted by Crippen LogP contribution is -2.32. The molecule has 0 unspecified atom stereocenters. The largest absolute Gasteiger partial charge is 0.380 e. The van der Waals surface area contributed by atoms with Crippen molar-refractivity contribution in [2.45, 2.75) is 39.0 Å². The number of aliphatic hydroxyl groups is 1. The van der Waals surface area contributed by atoms with Gasteiger partial charge in [0.05, 0.1) is 29.4 Å². The van der Waals surface area contributed by atoms with E-state index in [1.54, 1.807) is 35.8 Å². The molecular weight excluding hydrogens is 338 g/mol. The molecule has 0 aromatic carbocycles. The zero-order valence-electron chi connectivity index (χ0n) is 14.8. The SMILES string of the molecule is CCCSCC(=O)N1CCCn2nc([C@H](O)c3ccnn3C)cc2C1. The summed E-state index contributed by atoms with van der Waals surface area (Å²) in [7, 11) is 1.80. The Bertz CT molecular complexity index is 726. The Labute approximate surface area is 152 Å². The fourth-order valence-corrected chi connectivity index (χ4v) is 3.82.